The van der Waals surface area contributed by atoms with Gasteiger partial charge in [-0.05, 0) is 30.7 Å². The van der Waals surface area contributed by atoms with Crippen LogP contribution >= 0.6 is 11.6 Å². The second-order valence-electron chi connectivity index (χ2n) is 3.30. The van der Waals surface area contributed by atoms with Crippen LogP contribution in [0.15, 0.2) is 30.4 Å². The standard InChI is InChI=1S/C11H8ClF3O/c1-6(2)10(16)8-4-3-7(5-9(8)12)11(13,14)15/h3-5H,1H2,2H3. The van der Waals surface area contributed by atoms with Gasteiger partial charge in [0.15, 0.2) is 5.78 Å². The third kappa shape index (κ3) is 2.64. The second kappa shape index (κ2) is 4.29. The topological polar surface area (TPSA) is 17.1 Å². The van der Waals surface area contributed by atoms with Crippen molar-refractivity contribution < 1.29 is 18.0 Å². The summed E-state index contributed by atoms with van der Waals surface area (Å²) in [6.45, 7) is 4.88. The number of allylic oxidation sites excluding steroid dienone is 1. The van der Waals surface area contributed by atoms with E-state index < -0.39 is 17.5 Å². The molecule has 0 aliphatic carbocycles. The van der Waals surface area contributed by atoms with E-state index in [1.165, 1.54) is 6.92 Å². The fourth-order valence-electron chi connectivity index (χ4n) is 1.11. The SMILES string of the molecule is C=C(C)C(=O)c1ccc(C(F)(F)F)cc1Cl. The molecular weight excluding hydrogens is 241 g/mol. The van der Waals surface area contributed by atoms with Crippen LogP contribution in [-0.4, -0.2) is 5.78 Å². The fraction of sp³-hybridized carbons (Fsp3) is 0.182. The number of Topliss-reactive ketones (excluding diaryl/α,β-unsaturated/α-hetero) is 1. The number of ketones is 1. The van der Waals surface area contributed by atoms with Crippen molar-refractivity contribution in [2.45, 2.75) is 13.1 Å². The predicted octanol–water partition coefficient (Wildman–Crippen LogP) is 4.12. The van der Waals surface area contributed by atoms with Crippen LogP contribution in [0.25, 0.3) is 0 Å². The summed E-state index contributed by atoms with van der Waals surface area (Å²) >= 11 is 5.61. The summed E-state index contributed by atoms with van der Waals surface area (Å²) in [5.41, 5.74) is -0.625. The highest BCUT2D eigenvalue weighted by Gasteiger charge is 2.31. The molecular formula is C11H8ClF3O. The van der Waals surface area contributed by atoms with Crippen molar-refractivity contribution in [3.05, 3.63) is 46.5 Å². The molecule has 0 saturated carbocycles. The average Bonchev–Trinajstić information content (AvgIpc) is 2.15. The van der Waals surface area contributed by atoms with Crippen molar-refractivity contribution in [3.8, 4) is 0 Å². The molecule has 86 valence electrons. The van der Waals surface area contributed by atoms with E-state index in [1.807, 2.05) is 0 Å². The van der Waals surface area contributed by atoms with E-state index in [9.17, 15) is 18.0 Å². The van der Waals surface area contributed by atoms with Crippen LogP contribution in [0.2, 0.25) is 5.02 Å². The molecule has 1 aromatic carbocycles. The zero-order valence-corrected chi connectivity index (χ0v) is 9.12. The van der Waals surface area contributed by atoms with Gasteiger partial charge in [0.2, 0.25) is 0 Å². The van der Waals surface area contributed by atoms with Gasteiger partial charge in [-0.25, -0.2) is 0 Å². The summed E-state index contributed by atoms with van der Waals surface area (Å²) in [4.78, 5) is 11.5. The Kier molecular flexibility index (Phi) is 3.43. The van der Waals surface area contributed by atoms with Crippen LogP contribution in [-0.2, 0) is 6.18 Å². The lowest BCUT2D eigenvalue weighted by Gasteiger charge is -2.09. The molecule has 16 heavy (non-hydrogen) atoms. The molecule has 0 N–H and O–H groups in total. The molecule has 0 amide bonds. The van der Waals surface area contributed by atoms with E-state index in [2.05, 4.69) is 6.58 Å². The number of carbonyl (C=O) groups excluding carboxylic acids is 1. The summed E-state index contributed by atoms with van der Waals surface area (Å²) in [5.74, 6) is -0.460. The summed E-state index contributed by atoms with van der Waals surface area (Å²) in [5, 5.41) is -0.220. The first-order valence-electron chi connectivity index (χ1n) is 4.30. The van der Waals surface area contributed by atoms with Gasteiger partial charge in [-0.15, -0.1) is 0 Å². The smallest absolute Gasteiger partial charge is 0.289 e. The number of alkyl halides is 3. The van der Waals surface area contributed by atoms with Crippen molar-refractivity contribution in [3.63, 3.8) is 0 Å². The molecule has 0 bridgehead atoms. The predicted molar refractivity (Wildman–Crippen MR) is 55.6 cm³/mol. The molecule has 0 radical (unpaired) electrons. The molecule has 0 aliphatic heterocycles. The third-order valence-corrected chi connectivity index (χ3v) is 2.24. The first-order chi connectivity index (χ1) is 7.23. The first-order valence-corrected chi connectivity index (χ1v) is 4.68. The van der Waals surface area contributed by atoms with E-state index in [0.29, 0.717) is 0 Å². The number of halogens is 4. The van der Waals surface area contributed by atoms with Crippen molar-refractivity contribution in [2.24, 2.45) is 0 Å². The molecule has 0 heterocycles. The largest absolute Gasteiger partial charge is 0.416 e. The second-order valence-corrected chi connectivity index (χ2v) is 3.71. The number of carbonyl (C=O) groups is 1. The maximum absolute atomic E-state index is 12.3. The number of hydrogen-bond acceptors (Lipinski definition) is 1. The lowest BCUT2D eigenvalue weighted by atomic mass is 10.0. The van der Waals surface area contributed by atoms with Crippen LogP contribution in [0.3, 0.4) is 0 Å². The Bertz CT molecular complexity index is 449. The quantitative estimate of drug-likeness (QED) is 0.568. The van der Waals surface area contributed by atoms with E-state index >= 15 is 0 Å². The molecule has 5 heteroatoms. The first kappa shape index (κ1) is 12.8. The maximum atomic E-state index is 12.3. The Labute approximate surface area is 95.5 Å². The summed E-state index contributed by atoms with van der Waals surface area (Å²) in [6.07, 6.45) is -4.46. The fourth-order valence-corrected chi connectivity index (χ4v) is 1.37. The van der Waals surface area contributed by atoms with Gasteiger partial charge < -0.3 is 0 Å². The van der Waals surface area contributed by atoms with Crippen molar-refractivity contribution in [2.75, 3.05) is 0 Å². The van der Waals surface area contributed by atoms with Gasteiger partial charge in [0.05, 0.1) is 10.6 Å². The minimum atomic E-state index is -4.46. The number of hydrogen-bond donors (Lipinski definition) is 0. The Morgan fingerprint density at radius 2 is 1.94 bits per heavy atom. The van der Waals surface area contributed by atoms with Crippen molar-refractivity contribution in [1.29, 1.82) is 0 Å². The van der Waals surface area contributed by atoms with Crippen molar-refractivity contribution in [1.82, 2.24) is 0 Å². The highest BCUT2D eigenvalue weighted by Crippen LogP contribution is 2.32. The molecule has 0 atom stereocenters. The lowest BCUT2D eigenvalue weighted by Crippen LogP contribution is -2.07. The highest BCUT2D eigenvalue weighted by atomic mass is 35.5. The van der Waals surface area contributed by atoms with Gasteiger partial charge in [0.25, 0.3) is 0 Å². The molecule has 0 unspecified atom stereocenters. The van der Waals surface area contributed by atoms with Crippen LogP contribution < -0.4 is 0 Å². The van der Waals surface area contributed by atoms with Crippen LogP contribution in [0, 0.1) is 0 Å². The molecule has 1 aromatic rings. The molecule has 1 rings (SSSR count). The van der Waals surface area contributed by atoms with Gasteiger partial charge >= 0.3 is 6.18 Å². The maximum Gasteiger partial charge on any atom is 0.416 e. The Morgan fingerprint density at radius 3 is 2.31 bits per heavy atom. The zero-order valence-electron chi connectivity index (χ0n) is 8.36. The lowest BCUT2D eigenvalue weighted by molar-refractivity contribution is -0.137. The minimum absolute atomic E-state index is 0.0298. The minimum Gasteiger partial charge on any atom is -0.289 e. The number of benzene rings is 1. The van der Waals surface area contributed by atoms with Crippen LogP contribution in [0.4, 0.5) is 13.2 Å². The zero-order chi connectivity index (χ0) is 12.5. The highest BCUT2D eigenvalue weighted by molar-refractivity contribution is 6.35. The van der Waals surface area contributed by atoms with E-state index in [4.69, 9.17) is 11.6 Å². The number of rotatable bonds is 2. The van der Waals surface area contributed by atoms with Gasteiger partial charge in [-0.3, -0.25) is 4.79 Å². The van der Waals surface area contributed by atoms with E-state index in [1.54, 1.807) is 0 Å². The van der Waals surface area contributed by atoms with E-state index in [-0.39, 0.29) is 16.2 Å². The molecule has 1 nitrogen and oxygen atoms in total. The third-order valence-electron chi connectivity index (χ3n) is 1.93. The summed E-state index contributed by atoms with van der Waals surface area (Å²) in [7, 11) is 0. The van der Waals surface area contributed by atoms with Crippen molar-refractivity contribution >= 4 is 17.4 Å². The van der Waals surface area contributed by atoms with Crippen LogP contribution in [0.5, 0.6) is 0 Å². The Morgan fingerprint density at radius 1 is 1.38 bits per heavy atom. The van der Waals surface area contributed by atoms with E-state index in [0.717, 1.165) is 18.2 Å². The summed E-state index contributed by atoms with van der Waals surface area (Å²) in [6, 6.07) is 2.61. The molecule has 0 aliphatic rings. The normalized spacial score (nSPS) is 11.3. The van der Waals surface area contributed by atoms with Gasteiger partial charge in [0.1, 0.15) is 0 Å². The van der Waals surface area contributed by atoms with Crippen LogP contribution in [0.1, 0.15) is 22.8 Å². The molecule has 0 saturated heterocycles. The monoisotopic (exact) mass is 248 g/mol. The molecule has 0 fully saturated rings. The molecule has 0 aromatic heterocycles. The van der Waals surface area contributed by atoms with Gasteiger partial charge in [-0.1, -0.05) is 18.2 Å². The van der Waals surface area contributed by atoms with Gasteiger partial charge in [-0.2, -0.15) is 13.2 Å². The average molecular weight is 249 g/mol. The summed E-state index contributed by atoms with van der Waals surface area (Å²) < 4.78 is 36.9. The molecule has 0 spiro atoms. The Balaban J connectivity index is 3.20. The van der Waals surface area contributed by atoms with Gasteiger partial charge in [0, 0.05) is 5.56 Å². The Hall–Kier alpha value is -1.29.